The van der Waals surface area contributed by atoms with Gasteiger partial charge in [-0.1, -0.05) is 24.3 Å². The predicted molar refractivity (Wildman–Crippen MR) is 119 cm³/mol. The number of barbiturate groups is 1. The molecule has 0 spiro atoms. The molecule has 1 saturated heterocycles. The fraction of sp³-hybridized carbons (Fsp3) is 0.0952. The Bertz CT molecular complexity index is 1310. The molecule has 0 atom stereocenters. The van der Waals surface area contributed by atoms with E-state index in [0.29, 0.717) is 16.7 Å². The van der Waals surface area contributed by atoms with Gasteiger partial charge in [-0.25, -0.2) is 4.79 Å². The van der Waals surface area contributed by atoms with Gasteiger partial charge in [0.05, 0.1) is 9.82 Å². The van der Waals surface area contributed by atoms with Crippen LogP contribution in [0.4, 0.5) is 10.5 Å². The molecule has 0 aliphatic carbocycles. The van der Waals surface area contributed by atoms with Gasteiger partial charge in [-0.2, -0.15) is 0 Å². The molecule has 1 aliphatic heterocycles. The largest absolute Gasteiger partial charge is 0.486 e. The summed E-state index contributed by atoms with van der Waals surface area (Å²) in [6.45, 7) is 0.162. The van der Waals surface area contributed by atoms with E-state index in [2.05, 4.69) is 10.2 Å². The Balaban J connectivity index is 1.55. The van der Waals surface area contributed by atoms with Gasteiger partial charge in [-0.05, 0) is 41.6 Å². The highest BCUT2D eigenvalue weighted by atomic mass is 32.2. The average Bonchev–Trinajstić information content (AvgIpc) is 3.15. The summed E-state index contributed by atoms with van der Waals surface area (Å²) in [5, 5.41) is 24.2. The second kappa shape index (κ2) is 9.54. The third-order valence-corrected chi connectivity index (χ3v) is 5.77. The molecular weight excluding hydrogens is 464 g/mol. The lowest BCUT2D eigenvalue weighted by Crippen LogP contribution is -2.51. The number of para-hydroxylation sites is 1. The van der Waals surface area contributed by atoms with Crippen LogP contribution in [0.25, 0.3) is 6.08 Å². The summed E-state index contributed by atoms with van der Waals surface area (Å²) in [4.78, 5) is 46.4. The first-order valence-electron chi connectivity index (χ1n) is 9.72. The second-order valence-electron chi connectivity index (χ2n) is 6.94. The van der Waals surface area contributed by atoms with Gasteiger partial charge in [0, 0.05) is 13.1 Å². The van der Waals surface area contributed by atoms with E-state index in [9.17, 15) is 24.5 Å². The zero-order valence-electron chi connectivity index (χ0n) is 17.5. The summed E-state index contributed by atoms with van der Waals surface area (Å²) in [7, 11) is 1.72. The van der Waals surface area contributed by atoms with E-state index in [1.165, 1.54) is 24.3 Å². The van der Waals surface area contributed by atoms with Crippen LogP contribution in [0.3, 0.4) is 0 Å². The highest BCUT2D eigenvalue weighted by molar-refractivity contribution is 7.99. The summed E-state index contributed by atoms with van der Waals surface area (Å²) in [6, 6.07) is 12.5. The van der Waals surface area contributed by atoms with Crippen LogP contribution in [-0.2, 0) is 23.2 Å². The van der Waals surface area contributed by atoms with Crippen molar-refractivity contribution >= 4 is 41.4 Å². The van der Waals surface area contributed by atoms with E-state index in [4.69, 9.17) is 4.74 Å². The number of hydrogen-bond acceptors (Lipinski definition) is 9. The van der Waals surface area contributed by atoms with Crippen molar-refractivity contribution < 1.29 is 24.0 Å². The standard InChI is InChI=1S/C21H16N6O6S/c1-26-17(11-33-13-5-3-2-4-6-13)24-25-21(26)34-16-8-7-12(10-15(16)27(31)32)9-14-18(28)22-20(30)23-19(14)29/h2-10H,11H2,1H3,(H2,22,23,28,29,30). The van der Waals surface area contributed by atoms with Crippen molar-refractivity contribution in [3.05, 3.63) is 75.6 Å². The summed E-state index contributed by atoms with van der Waals surface area (Å²) in [6.07, 6.45) is 1.17. The van der Waals surface area contributed by atoms with Crippen LogP contribution in [-0.4, -0.2) is 37.5 Å². The molecule has 13 heteroatoms. The number of nitrogens with one attached hydrogen (secondary N) is 2. The Labute approximate surface area is 196 Å². The number of ether oxygens (including phenoxy) is 1. The molecule has 34 heavy (non-hydrogen) atoms. The monoisotopic (exact) mass is 480 g/mol. The first-order valence-corrected chi connectivity index (χ1v) is 10.5. The molecule has 1 aromatic heterocycles. The smallest absolute Gasteiger partial charge is 0.328 e. The minimum absolute atomic E-state index is 0.162. The summed E-state index contributed by atoms with van der Waals surface area (Å²) < 4.78 is 7.34. The predicted octanol–water partition coefficient (Wildman–Crippen LogP) is 2.20. The molecule has 2 aromatic carbocycles. The van der Waals surface area contributed by atoms with Gasteiger partial charge in [-0.15, -0.1) is 10.2 Å². The summed E-state index contributed by atoms with van der Waals surface area (Å²) in [5.74, 6) is -0.581. The van der Waals surface area contributed by atoms with Gasteiger partial charge < -0.3 is 9.30 Å². The first kappa shape index (κ1) is 22.7. The van der Waals surface area contributed by atoms with Gasteiger partial charge in [0.25, 0.3) is 17.5 Å². The number of hydrogen-bond donors (Lipinski definition) is 2. The molecule has 0 saturated carbocycles. The van der Waals surface area contributed by atoms with Crippen LogP contribution < -0.4 is 15.4 Å². The number of rotatable bonds is 7. The number of carbonyl (C=O) groups is 3. The molecule has 2 heterocycles. The Morgan fingerprint density at radius 1 is 1.09 bits per heavy atom. The van der Waals surface area contributed by atoms with Crippen molar-refractivity contribution in [3.8, 4) is 5.75 Å². The SMILES string of the molecule is Cn1c(COc2ccccc2)nnc1Sc1ccc(C=C2C(=O)NC(=O)NC2=O)cc1[N+](=O)[O-]. The molecule has 1 fully saturated rings. The molecular formula is C21H16N6O6S. The maximum absolute atomic E-state index is 11.9. The minimum Gasteiger partial charge on any atom is -0.486 e. The maximum Gasteiger partial charge on any atom is 0.328 e. The lowest BCUT2D eigenvalue weighted by atomic mass is 10.1. The third-order valence-electron chi connectivity index (χ3n) is 4.67. The fourth-order valence-electron chi connectivity index (χ4n) is 2.95. The number of imide groups is 2. The van der Waals surface area contributed by atoms with Gasteiger partial charge >= 0.3 is 6.03 Å². The quantitative estimate of drug-likeness (QED) is 0.224. The summed E-state index contributed by atoms with van der Waals surface area (Å²) >= 11 is 1.04. The number of carbonyl (C=O) groups excluding carboxylic acids is 3. The van der Waals surface area contributed by atoms with Crippen LogP contribution >= 0.6 is 11.8 Å². The Kier molecular flexibility index (Phi) is 6.36. The van der Waals surface area contributed by atoms with Crippen LogP contribution in [0.1, 0.15) is 11.4 Å². The Morgan fingerprint density at radius 2 is 1.79 bits per heavy atom. The highest BCUT2D eigenvalue weighted by Crippen LogP contribution is 2.35. The Hall–Kier alpha value is -4.52. The van der Waals surface area contributed by atoms with Gasteiger partial charge in [0.2, 0.25) is 0 Å². The van der Waals surface area contributed by atoms with Crippen molar-refractivity contribution in [2.75, 3.05) is 0 Å². The number of nitro groups is 1. The molecule has 3 aromatic rings. The van der Waals surface area contributed by atoms with Crippen molar-refractivity contribution in [1.82, 2.24) is 25.4 Å². The number of nitro benzene ring substituents is 1. The molecule has 0 bridgehead atoms. The maximum atomic E-state index is 11.9. The van der Waals surface area contributed by atoms with E-state index in [0.717, 1.165) is 11.8 Å². The van der Waals surface area contributed by atoms with Crippen LogP contribution in [0, 0.1) is 10.1 Å². The zero-order chi connectivity index (χ0) is 24.2. The summed E-state index contributed by atoms with van der Waals surface area (Å²) in [5.41, 5.74) is -0.358. The molecule has 12 nitrogen and oxygen atoms in total. The third kappa shape index (κ3) is 4.94. The van der Waals surface area contributed by atoms with Gasteiger partial charge in [0.1, 0.15) is 17.9 Å². The topological polar surface area (TPSA) is 158 Å². The molecule has 4 rings (SSSR count). The number of nitrogens with zero attached hydrogens (tertiary/aromatic N) is 4. The van der Waals surface area contributed by atoms with E-state index >= 15 is 0 Å². The molecule has 172 valence electrons. The molecule has 0 radical (unpaired) electrons. The number of aromatic nitrogens is 3. The molecule has 1 aliphatic rings. The highest BCUT2D eigenvalue weighted by Gasteiger charge is 2.28. The molecule has 2 N–H and O–H groups in total. The van der Waals surface area contributed by atoms with E-state index in [-0.39, 0.29) is 28.3 Å². The number of urea groups is 1. The van der Waals surface area contributed by atoms with E-state index in [1.807, 2.05) is 41.0 Å². The number of benzene rings is 2. The Morgan fingerprint density at radius 3 is 2.47 bits per heavy atom. The van der Waals surface area contributed by atoms with Crippen LogP contribution in [0.2, 0.25) is 0 Å². The minimum atomic E-state index is -0.929. The number of amides is 4. The lowest BCUT2D eigenvalue weighted by molar-refractivity contribution is -0.387. The van der Waals surface area contributed by atoms with Gasteiger partial charge in [-0.3, -0.25) is 30.3 Å². The second-order valence-corrected chi connectivity index (χ2v) is 7.95. The van der Waals surface area contributed by atoms with E-state index in [1.54, 1.807) is 11.6 Å². The van der Waals surface area contributed by atoms with Crippen LogP contribution in [0.15, 0.2) is 64.2 Å². The molecule has 0 unspecified atom stereocenters. The van der Waals surface area contributed by atoms with Crippen LogP contribution in [0.5, 0.6) is 5.75 Å². The zero-order valence-corrected chi connectivity index (χ0v) is 18.4. The normalized spacial score (nSPS) is 13.3. The van der Waals surface area contributed by atoms with Crippen molar-refractivity contribution in [2.24, 2.45) is 7.05 Å². The molecule has 4 amide bonds. The van der Waals surface area contributed by atoms with Crippen molar-refractivity contribution in [1.29, 1.82) is 0 Å². The van der Waals surface area contributed by atoms with E-state index < -0.39 is 22.8 Å². The first-order chi connectivity index (χ1) is 16.3. The van der Waals surface area contributed by atoms with Crippen molar-refractivity contribution in [2.45, 2.75) is 16.7 Å². The fourth-order valence-corrected chi connectivity index (χ4v) is 3.84. The van der Waals surface area contributed by atoms with Gasteiger partial charge in [0.15, 0.2) is 11.0 Å². The lowest BCUT2D eigenvalue weighted by Gasteiger charge is -2.13. The average molecular weight is 480 g/mol. The van der Waals surface area contributed by atoms with Crippen molar-refractivity contribution in [3.63, 3.8) is 0 Å².